The number of carbonyl (C=O) groups is 1. The minimum atomic E-state index is -0.488. The summed E-state index contributed by atoms with van der Waals surface area (Å²) in [6.45, 7) is -0.00742. The highest BCUT2D eigenvalue weighted by molar-refractivity contribution is 9.10. The number of carbonyl (C=O) groups excluding carboxylic acids is 1. The highest BCUT2D eigenvalue weighted by atomic mass is 79.9. The van der Waals surface area contributed by atoms with E-state index < -0.39 is 11.6 Å². The van der Waals surface area contributed by atoms with Crippen molar-refractivity contribution < 1.29 is 13.9 Å². The molecule has 0 radical (unpaired) electrons. The van der Waals surface area contributed by atoms with E-state index in [1.54, 1.807) is 12.3 Å². The van der Waals surface area contributed by atoms with E-state index in [0.29, 0.717) is 16.2 Å². The fraction of sp³-hybridized carbons (Fsp3) is 0.100. The lowest BCUT2D eigenvalue weighted by Gasteiger charge is -2.07. The van der Waals surface area contributed by atoms with Crippen molar-refractivity contribution in [2.24, 2.45) is 0 Å². The molecule has 0 spiro atoms. The Hall–Kier alpha value is -2.71. The number of fused-ring (bicyclic) bond motifs is 2. The molecule has 0 saturated carbocycles. The lowest BCUT2D eigenvalue weighted by atomic mass is 10.1. The zero-order valence-corrected chi connectivity index (χ0v) is 16.8. The quantitative estimate of drug-likeness (QED) is 0.251. The number of thioether (sulfide) groups is 1. The van der Waals surface area contributed by atoms with Gasteiger partial charge in [-0.2, -0.15) is 0 Å². The molecular weight excluding hydrogens is 444 g/mol. The Morgan fingerprint density at radius 2 is 1.96 bits per heavy atom. The molecule has 0 unspecified atom stereocenters. The molecule has 8 heteroatoms. The molecule has 0 aliphatic rings. The number of hydrogen-bond donors (Lipinski definition) is 0. The van der Waals surface area contributed by atoms with Crippen LogP contribution in [-0.4, -0.2) is 21.7 Å². The Morgan fingerprint density at radius 1 is 1.14 bits per heavy atom. The summed E-state index contributed by atoms with van der Waals surface area (Å²) in [6, 6.07) is 14.2. The van der Waals surface area contributed by atoms with E-state index in [1.807, 2.05) is 36.4 Å². The Kier molecular flexibility index (Phi) is 5.40. The van der Waals surface area contributed by atoms with Gasteiger partial charge in [0.15, 0.2) is 0 Å². The smallest absolute Gasteiger partial charge is 0.336 e. The number of rotatable bonds is 5. The summed E-state index contributed by atoms with van der Waals surface area (Å²) in [7, 11) is 0. The number of para-hydroxylation sites is 2. The molecule has 0 bridgehead atoms. The molecule has 0 fully saturated rings. The predicted octanol–water partition coefficient (Wildman–Crippen LogP) is 4.33. The summed E-state index contributed by atoms with van der Waals surface area (Å²) >= 11 is 4.59. The van der Waals surface area contributed by atoms with Crippen LogP contribution < -0.4 is 5.63 Å². The molecule has 0 aliphatic carbocycles. The number of aromatic nitrogens is 2. The van der Waals surface area contributed by atoms with Crippen LogP contribution in [0, 0.1) is 0 Å². The van der Waals surface area contributed by atoms with Crippen LogP contribution in [0.25, 0.3) is 22.0 Å². The van der Waals surface area contributed by atoms with E-state index in [2.05, 4.69) is 25.9 Å². The molecule has 0 atom stereocenters. The fourth-order valence-corrected chi connectivity index (χ4v) is 3.64. The summed E-state index contributed by atoms with van der Waals surface area (Å²) in [5.74, 6) is -0.309. The molecule has 2 aromatic carbocycles. The van der Waals surface area contributed by atoms with Crippen LogP contribution in [0.3, 0.4) is 0 Å². The Labute approximate surface area is 172 Å². The van der Waals surface area contributed by atoms with Gasteiger partial charge in [0, 0.05) is 21.5 Å². The molecular formula is C20H13BrN2O4S. The normalized spacial score (nSPS) is 11.0. The average molecular weight is 457 g/mol. The predicted molar refractivity (Wildman–Crippen MR) is 110 cm³/mol. The number of esters is 1. The van der Waals surface area contributed by atoms with Crippen molar-refractivity contribution in [2.45, 2.75) is 11.6 Å². The highest BCUT2D eigenvalue weighted by Crippen LogP contribution is 2.23. The lowest BCUT2D eigenvalue weighted by molar-refractivity contribution is -0.141. The molecule has 2 aromatic heterocycles. The monoisotopic (exact) mass is 456 g/mol. The van der Waals surface area contributed by atoms with Gasteiger partial charge in [0.25, 0.3) is 0 Å². The molecule has 0 aliphatic heterocycles. The molecule has 2 heterocycles. The van der Waals surface area contributed by atoms with Crippen molar-refractivity contribution in [1.29, 1.82) is 0 Å². The highest BCUT2D eigenvalue weighted by Gasteiger charge is 2.11. The minimum Gasteiger partial charge on any atom is -0.460 e. The van der Waals surface area contributed by atoms with Gasteiger partial charge in [-0.1, -0.05) is 39.8 Å². The van der Waals surface area contributed by atoms with Crippen molar-refractivity contribution in [2.75, 3.05) is 5.75 Å². The van der Waals surface area contributed by atoms with Crippen molar-refractivity contribution in [3.8, 4) is 0 Å². The van der Waals surface area contributed by atoms with E-state index in [-0.39, 0.29) is 12.4 Å². The van der Waals surface area contributed by atoms with Crippen molar-refractivity contribution >= 4 is 55.7 Å². The van der Waals surface area contributed by atoms with Crippen LogP contribution in [-0.2, 0) is 16.1 Å². The molecule has 28 heavy (non-hydrogen) atoms. The number of nitrogens with zero attached hydrogens (tertiary/aromatic N) is 2. The van der Waals surface area contributed by atoms with E-state index in [0.717, 1.165) is 20.9 Å². The van der Waals surface area contributed by atoms with Gasteiger partial charge in [-0.25, -0.2) is 9.78 Å². The van der Waals surface area contributed by atoms with Gasteiger partial charge in [-0.15, -0.1) is 0 Å². The van der Waals surface area contributed by atoms with Gasteiger partial charge < -0.3 is 9.15 Å². The first-order chi connectivity index (χ1) is 13.6. The van der Waals surface area contributed by atoms with E-state index >= 15 is 0 Å². The Bertz CT molecular complexity index is 1240. The number of benzene rings is 2. The molecule has 0 N–H and O–H groups in total. The first-order valence-electron chi connectivity index (χ1n) is 8.31. The molecule has 0 amide bonds. The van der Waals surface area contributed by atoms with Gasteiger partial charge in [-0.05, 0) is 30.3 Å². The first kappa shape index (κ1) is 18.6. The van der Waals surface area contributed by atoms with E-state index in [9.17, 15) is 9.59 Å². The molecule has 0 saturated heterocycles. The van der Waals surface area contributed by atoms with E-state index in [1.165, 1.54) is 17.8 Å². The average Bonchev–Trinajstić information content (AvgIpc) is 2.69. The van der Waals surface area contributed by atoms with Gasteiger partial charge in [0.05, 0.1) is 23.0 Å². The van der Waals surface area contributed by atoms with Crippen LogP contribution in [0.15, 0.2) is 73.4 Å². The second kappa shape index (κ2) is 8.12. The maximum atomic E-state index is 12.1. The first-order valence-corrected chi connectivity index (χ1v) is 10.1. The molecule has 6 nitrogen and oxygen atoms in total. The molecule has 140 valence electrons. The standard InChI is InChI=1S/C20H13BrN2O4S/c21-13-5-6-14-12(7-19(24)27-17(14)8-13)10-26-20(25)11-28-18-9-22-15-3-1-2-4-16(15)23-18/h1-9H,10-11H2. The summed E-state index contributed by atoms with van der Waals surface area (Å²) < 4.78 is 11.3. The lowest BCUT2D eigenvalue weighted by Crippen LogP contribution is -2.09. The second-order valence-electron chi connectivity index (χ2n) is 5.88. The summed E-state index contributed by atoms with van der Waals surface area (Å²) in [5.41, 5.74) is 2.12. The summed E-state index contributed by atoms with van der Waals surface area (Å²) in [5, 5.41) is 1.37. The van der Waals surface area contributed by atoms with Gasteiger partial charge in [0.2, 0.25) is 0 Å². The van der Waals surface area contributed by atoms with E-state index in [4.69, 9.17) is 9.15 Å². The van der Waals surface area contributed by atoms with Gasteiger partial charge in [-0.3, -0.25) is 9.78 Å². The number of hydrogen-bond acceptors (Lipinski definition) is 7. The van der Waals surface area contributed by atoms with Crippen LogP contribution in [0.1, 0.15) is 5.56 Å². The van der Waals surface area contributed by atoms with Gasteiger partial charge >= 0.3 is 11.6 Å². The van der Waals surface area contributed by atoms with Crippen molar-refractivity contribution in [1.82, 2.24) is 9.97 Å². The Morgan fingerprint density at radius 3 is 2.82 bits per heavy atom. The van der Waals surface area contributed by atoms with Crippen LogP contribution in [0.2, 0.25) is 0 Å². The maximum Gasteiger partial charge on any atom is 0.336 e. The van der Waals surface area contributed by atoms with Crippen LogP contribution >= 0.6 is 27.7 Å². The minimum absolute atomic E-state index is 0.00742. The summed E-state index contributed by atoms with van der Waals surface area (Å²) in [6.07, 6.45) is 1.63. The fourth-order valence-electron chi connectivity index (χ4n) is 2.67. The third-order valence-electron chi connectivity index (χ3n) is 3.95. The number of halogens is 1. The summed E-state index contributed by atoms with van der Waals surface area (Å²) in [4.78, 5) is 32.6. The largest absolute Gasteiger partial charge is 0.460 e. The SMILES string of the molecule is O=C(CSc1cnc2ccccc2n1)OCc1cc(=O)oc2cc(Br)ccc12. The number of ether oxygens (including phenoxy) is 1. The molecule has 4 rings (SSSR count). The zero-order chi connectivity index (χ0) is 19.5. The third kappa shape index (κ3) is 4.23. The Balaban J connectivity index is 1.41. The third-order valence-corrected chi connectivity index (χ3v) is 5.31. The zero-order valence-electron chi connectivity index (χ0n) is 14.4. The van der Waals surface area contributed by atoms with Crippen molar-refractivity contribution in [3.63, 3.8) is 0 Å². The van der Waals surface area contributed by atoms with Crippen LogP contribution in [0.4, 0.5) is 0 Å². The van der Waals surface area contributed by atoms with Crippen molar-refractivity contribution in [3.05, 3.63) is 75.2 Å². The van der Waals surface area contributed by atoms with Crippen LogP contribution in [0.5, 0.6) is 0 Å². The maximum absolute atomic E-state index is 12.1. The topological polar surface area (TPSA) is 82.3 Å². The second-order valence-corrected chi connectivity index (χ2v) is 7.79. The van der Waals surface area contributed by atoms with Gasteiger partial charge in [0.1, 0.15) is 17.2 Å². The molecule has 4 aromatic rings.